The Labute approximate surface area is 101 Å². The minimum Gasteiger partial charge on any atom is -0.481 e. The normalized spacial score (nSPS) is 11.8. The summed E-state index contributed by atoms with van der Waals surface area (Å²) < 4.78 is 5.18. The molecule has 0 aliphatic heterocycles. The first-order valence-electron chi connectivity index (χ1n) is 5.51. The van der Waals surface area contributed by atoms with Crippen molar-refractivity contribution in [1.29, 1.82) is 0 Å². The van der Waals surface area contributed by atoms with Gasteiger partial charge in [0.1, 0.15) is 0 Å². The summed E-state index contributed by atoms with van der Waals surface area (Å²) in [4.78, 5) is 21.6. The highest BCUT2D eigenvalue weighted by atomic mass is 16.5. The number of carbonyl (C=O) groups excluding carboxylic acids is 1. The van der Waals surface area contributed by atoms with Crippen molar-refractivity contribution in [2.75, 3.05) is 19.8 Å². The van der Waals surface area contributed by atoms with E-state index in [1.54, 1.807) is 6.08 Å². The lowest BCUT2D eigenvalue weighted by Gasteiger charge is -2.11. The Morgan fingerprint density at radius 3 is 2.76 bits per heavy atom. The maximum absolute atomic E-state index is 11.3. The molecule has 4 N–H and O–H groups in total. The summed E-state index contributed by atoms with van der Waals surface area (Å²) in [5, 5.41) is 11.0. The molecule has 0 radical (unpaired) electrons. The van der Waals surface area contributed by atoms with E-state index in [2.05, 4.69) is 11.9 Å². The first-order chi connectivity index (χ1) is 8.07. The van der Waals surface area contributed by atoms with Crippen molar-refractivity contribution in [2.45, 2.75) is 25.3 Å². The van der Waals surface area contributed by atoms with Crippen LogP contribution < -0.4 is 11.1 Å². The summed E-state index contributed by atoms with van der Waals surface area (Å²) in [6, 6.07) is -0.778. The minimum atomic E-state index is -0.957. The predicted molar refractivity (Wildman–Crippen MR) is 63.5 cm³/mol. The molecule has 0 aromatic carbocycles. The van der Waals surface area contributed by atoms with E-state index in [9.17, 15) is 9.59 Å². The first-order valence-corrected chi connectivity index (χ1v) is 5.51. The van der Waals surface area contributed by atoms with Crippen molar-refractivity contribution < 1.29 is 19.4 Å². The third kappa shape index (κ3) is 9.52. The van der Waals surface area contributed by atoms with Crippen molar-refractivity contribution in [1.82, 2.24) is 5.32 Å². The van der Waals surface area contributed by atoms with Crippen LogP contribution in [0.3, 0.4) is 0 Å². The Morgan fingerprint density at radius 1 is 1.47 bits per heavy atom. The second kappa shape index (κ2) is 9.80. The quantitative estimate of drug-likeness (QED) is 0.367. The summed E-state index contributed by atoms with van der Waals surface area (Å²) >= 11 is 0. The van der Waals surface area contributed by atoms with Gasteiger partial charge in [-0.15, -0.1) is 6.58 Å². The molecule has 6 heteroatoms. The van der Waals surface area contributed by atoms with Crippen molar-refractivity contribution >= 4 is 11.9 Å². The van der Waals surface area contributed by atoms with Crippen molar-refractivity contribution in [3.8, 4) is 0 Å². The molecule has 0 aliphatic rings. The van der Waals surface area contributed by atoms with E-state index < -0.39 is 12.0 Å². The van der Waals surface area contributed by atoms with E-state index in [1.807, 2.05) is 0 Å². The molecule has 0 aliphatic carbocycles. The third-order valence-corrected chi connectivity index (χ3v) is 2.02. The van der Waals surface area contributed by atoms with Crippen LogP contribution in [0.15, 0.2) is 12.7 Å². The number of carbonyl (C=O) groups is 2. The van der Waals surface area contributed by atoms with Gasteiger partial charge in [-0.2, -0.15) is 0 Å². The van der Waals surface area contributed by atoms with Gasteiger partial charge in [0.25, 0.3) is 0 Å². The van der Waals surface area contributed by atoms with Crippen LogP contribution in [0.25, 0.3) is 0 Å². The molecular formula is C11H20N2O4. The van der Waals surface area contributed by atoms with Gasteiger partial charge in [-0.3, -0.25) is 9.59 Å². The molecule has 0 aromatic rings. The monoisotopic (exact) mass is 244 g/mol. The van der Waals surface area contributed by atoms with Gasteiger partial charge in [-0.05, 0) is 12.8 Å². The minimum absolute atomic E-state index is 0.107. The standard InChI is InChI=1S/C11H20N2O4/c1-2-3-7-17-8-6-13-11(16)9(12)4-5-10(14)15/h2,9H,1,3-8,12H2,(H,13,16)(H,14,15). The SMILES string of the molecule is C=CCCOCCNC(=O)C(N)CCC(=O)O. The number of nitrogens with two attached hydrogens (primary N) is 1. The largest absolute Gasteiger partial charge is 0.481 e. The maximum Gasteiger partial charge on any atom is 0.303 e. The number of hydrogen-bond acceptors (Lipinski definition) is 4. The van der Waals surface area contributed by atoms with Gasteiger partial charge < -0.3 is 20.9 Å². The van der Waals surface area contributed by atoms with Crippen molar-refractivity contribution in [3.63, 3.8) is 0 Å². The summed E-state index contributed by atoms with van der Waals surface area (Å²) in [5.74, 6) is -1.31. The molecule has 0 spiro atoms. The molecule has 1 unspecified atom stereocenters. The predicted octanol–water partition coefficient (Wildman–Crippen LogP) is -0.113. The number of hydrogen-bond donors (Lipinski definition) is 3. The fourth-order valence-electron chi connectivity index (χ4n) is 1.06. The lowest BCUT2D eigenvalue weighted by molar-refractivity contribution is -0.137. The van der Waals surface area contributed by atoms with Crippen LogP contribution in [0.5, 0.6) is 0 Å². The van der Waals surface area contributed by atoms with Gasteiger partial charge in [0.2, 0.25) is 5.91 Å². The second-order valence-electron chi connectivity index (χ2n) is 3.52. The molecule has 0 heterocycles. The smallest absolute Gasteiger partial charge is 0.303 e. The average molecular weight is 244 g/mol. The zero-order chi connectivity index (χ0) is 13.1. The second-order valence-corrected chi connectivity index (χ2v) is 3.52. The number of ether oxygens (including phenoxy) is 1. The Morgan fingerprint density at radius 2 is 2.18 bits per heavy atom. The van der Waals surface area contributed by atoms with Crippen molar-refractivity contribution in [3.05, 3.63) is 12.7 Å². The van der Waals surface area contributed by atoms with E-state index in [0.717, 1.165) is 6.42 Å². The Bertz CT molecular complexity index is 256. The summed E-state index contributed by atoms with van der Waals surface area (Å²) in [6.07, 6.45) is 2.55. The lowest BCUT2D eigenvalue weighted by Crippen LogP contribution is -2.42. The van der Waals surface area contributed by atoms with Crippen LogP contribution in [-0.4, -0.2) is 42.8 Å². The van der Waals surface area contributed by atoms with E-state index in [-0.39, 0.29) is 18.7 Å². The number of rotatable bonds is 10. The van der Waals surface area contributed by atoms with Gasteiger partial charge in [0, 0.05) is 13.0 Å². The molecule has 6 nitrogen and oxygen atoms in total. The zero-order valence-corrected chi connectivity index (χ0v) is 9.85. The molecular weight excluding hydrogens is 224 g/mol. The number of carboxylic acids is 1. The van der Waals surface area contributed by atoms with Gasteiger partial charge >= 0.3 is 5.97 Å². The van der Waals surface area contributed by atoms with Gasteiger partial charge in [-0.25, -0.2) is 0 Å². The highest BCUT2D eigenvalue weighted by molar-refractivity contribution is 5.82. The lowest BCUT2D eigenvalue weighted by atomic mass is 10.1. The number of carboxylic acid groups (broad SMARTS) is 1. The Kier molecular flexibility index (Phi) is 8.99. The molecule has 17 heavy (non-hydrogen) atoms. The van der Waals surface area contributed by atoms with Crippen LogP contribution in [-0.2, 0) is 14.3 Å². The number of aliphatic carboxylic acids is 1. The van der Waals surface area contributed by atoms with Crippen LogP contribution >= 0.6 is 0 Å². The van der Waals surface area contributed by atoms with Crippen molar-refractivity contribution in [2.24, 2.45) is 5.73 Å². The van der Waals surface area contributed by atoms with Crippen LogP contribution in [0, 0.1) is 0 Å². The fraction of sp³-hybridized carbons (Fsp3) is 0.636. The van der Waals surface area contributed by atoms with Gasteiger partial charge in [-0.1, -0.05) is 6.08 Å². The maximum atomic E-state index is 11.3. The Hall–Kier alpha value is -1.40. The summed E-state index contributed by atoms with van der Waals surface area (Å²) in [7, 11) is 0. The van der Waals surface area contributed by atoms with Crippen LogP contribution in [0.2, 0.25) is 0 Å². The van der Waals surface area contributed by atoms with E-state index in [1.165, 1.54) is 0 Å². The van der Waals surface area contributed by atoms with Gasteiger partial charge in [0.05, 0.1) is 19.3 Å². The topological polar surface area (TPSA) is 102 Å². The van der Waals surface area contributed by atoms with E-state index in [4.69, 9.17) is 15.6 Å². The van der Waals surface area contributed by atoms with Crippen LogP contribution in [0.4, 0.5) is 0 Å². The Balaban J connectivity index is 3.50. The molecule has 1 atom stereocenters. The van der Waals surface area contributed by atoms with E-state index >= 15 is 0 Å². The molecule has 0 rings (SSSR count). The highest BCUT2D eigenvalue weighted by Crippen LogP contribution is 1.94. The first kappa shape index (κ1) is 15.6. The fourth-order valence-corrected chi connectivity index (χ4v) is 1.06. The molecule has 0 fully saturated rings. The number of amides is 1. The molecule has 1 amide bonds. The zero-order valence-electron chi connectivity index (χ0n) is 9.85. The van der Waals surface area contributed by atoms with Crippen LogP contribution in [0.1, 0.15) is 19.3 Å². The molecule has 98 valence electrons. The molecule has 0 saturated carbocycles. The average Bonchev–Trinajstić information content (AvgIpc) is 2.30. The molecule has 0 saturated heterocycles. The number of nitrogens with one attached hydrogen (secondary N) is 1. The summed E-state index contributed by atoms with van der Waals surface area (Å²) in [6.45, 7) is 4.90. The molecule has 0 aromatic heterocycles. The molecule has 0 bridgehead atoms. The summed E-state index contributed by atoms with van der Waals surface area (Å²) in [5.41, 5.74) is 5.50. The van der Waals surface area contributed by atoms with Gasteiger partial charge in [0.15, 0.2) is 0 Å². The van der Waals surface area contributed by atoms with E-state index in [0.29, 0.717) is 19.8 Å². The highest BCUT2D eigenvalue weighted by Gasteiger charge is 2.13. The third-order valence-electron chi connectivity index (χ3n) is 2.02.